The molecule has 10 heteroatoms. The van der Waals surface area contributed by atoms with E-state index >= 15 is 0 Å². The summed E-state index contributed by atoms with van der Waals surface area (Å²) in [4.78, 5) is 4.54. The van der Waals surface area contributed by atoms with Gasteiger partial charge in [0.2, 0.25) is 5.71 Å². The van der Waals surface area contributed by atoms with Gasteiger partial charge in [-0.25, -0.2) is 4.98 Å². The van der Waals surface area contributed by atoms with Gasteiger partial charge >= 0.3 is 6.18 Å². The highest BCUT2D eigenvalue weighted by Crippen LogP contribution is 2.31. The summed E-state index contributed by atoms with van der Waals surface area (Å²) >= 11 is 1.20. The Labute approximate surface area is 145 Å². The summed E-state index contributed by atoms with van der Waals surface area (Å²) in [6.45, 7) is 0. The minimum atomic E-state index is -4.41. The third-order valence-electron chi connectivity index (χ3n) is 2.80. The molecule has 1 heterocycles. The van der Waals surface area contributed by atoms with Crippen LogP contribution in [0, 0.1) is 16.7 Å². The van der Waals surface area contributed by atoms with Crippen molar-refractivity contribution in [1.29, 1.82) is 10.7 Å². The molecular weight excluding hydrogens is 353 g/mol. The fourth-order valence-corrected chi connectivity index (χ4v) is 2.35. The first-order valence-corrected chi connectivity index (χ1v) is 7.50. The molecule has 0 aliphatic heterocycles. The molecule has 0 amide bonds. The predicted octanol–water partition coefficient (Wildman–Crippen LogP) is 3.48. The van der Waals surface area contributed by atoms with Gasteiger partial charge in [-0.15, -0.1) is 0 Å². The van der Waals surface area contributed by atoms with Crippen molar-refractivity contribution in [3.05, 3.63) is 48.2 Å². The molecule has 1 aromatic heterocycles. The Morgan fingerprint density at radius 2 is 1.92 bits per heavy atom. The molecule has 2 aromatic rings. The molecule has 0 aliphatic rings. The summed E-state index contributed by atoms with van der Waals surface area (Å²) in [5, 5.41) is 20.0. The monoisotopic (exact) mass is 364 g/mol. The van der Waals surface area contributed by atoms with Crippen molar-refractivity contribution in [3.8, 4) is 6.07 Å². The lowest BCUT2D eigenvalue weighted by atomic mass is 10.3. The molecule has 2 rings (SSSR count). The van der Waals surface area contributed by atoms with Crippen molar-refractivity contribution < 1.29 is 13.2 Å². The second-order valence-electron chi connectivity index (χ2n) is 4.61. The van der Waals surface area contributed by atoms with Gasteiger partial charge in [0.1, 0.15) is 11.1 Å². The van der Waals surface area contributed by atoms with Gasteiger partial charge in [-0.1, -0.05) is 11.8 Å². The van der Waals surface area contributed by atoms with Crippen LogP contribution in [0.15, 0.2) is 57.6 Å². The smallest absolute Gasteiger partial charge is 0.382 e. The van der Waals surface area contributed by atoms with E-state index in [1.54, 1.807) is 30.3 Å². The van der Waals surface area contributed by atoms with E-state index in [1.807, 2.05) is 0 Å². The standard InChI is InChI=1S/C15H11F3N6S/c16-15(17,18)9-1-6-13(22-8-9)25-11-4-2-10(3-5-11)23-24-12(7-19)14(20)21/h1-6,8,23H,(H3,20,21)/b24-12+. The third kappa shape index (κ3) is 5.22. The van der Waals surface area contributed by atoms with Crippen molar-refractivity contribution in [2.75, 3.05) is 5.43 Å². The number of halogens is 3. The van der Waals surface area contributed by atoms with Crippen LogP contribution < -0.4 is 11.2 Å². The SMILES string of the molecule is N#C/C(=N\Nc1ccc(Sc2ccc(C(F)(F)F)cn2)cc1)C(=N)N. The van der Waals surface area contributed by atoms with E-state index in [2.05, 4.69) is 15.5 Å². The molecule has 0 unspecified atom stereocenters. The fraction of sp³-hybridized carbons (Fsp3) is 0.0667. The minimum absolute atomic E-state index is 0.243. The Kier molecular flexibility index (Phi) is 5.61. The van der Waals surface area contributed by atoms with Crippen molar-refractivity contribution in [1.82, 2.24) is 4.98 Å². The lowest BCUT2D eigenvalue weighted by Gasteiger charge is -2.07. The molecular formula is C15H11F3N6S. The van der Waals surface area contributed by atoms with E-state index in [9.17, 15) is 13.2 Å². The van der Waals surface area contributed by atoms with E-state index in [4.69, 9.17) is 16.4 Å². The van der Waals surface area contributed by atoms with Crippen LogP contribution in [0.25, 0.3) is 0 Å². The zero-order chi connectivity index (χ0) is 18.4. The maximum absolute atomic E-state index is 12.5. The number of benzene rings is 1. The van der Waals surface area contributed by atoms with E-state index in [-0.39, 0.29) is 5.71 Å². The highest BCUT2D eigenvalue weighted by atomic mass is 32.2. The molecule has 0 saturated carbocycles. The van der Waals surface area contributed by atoms with Crippen LogP contribution in [0.2, 0.25) is 0 Å². The number of hydrogen-bond acceptors (Lipinski definition) is 6. The molecule has 0 fully saturated rings. The molecule has 128 valence electrons. The van der Waals surface area contributed by atoms with Crippen molar-refractivity contribution in [2.45, 2.75) is 16.1 Å². The van der Waals surface area contributed by atoms with Crippen LogP contribution in [-0.4, -0.2) is 16.5 Å². The number of alkyl halides is 3. The summed E-state index contributed by atoms with van der Waals surface area (Å²) in [6, 6.07) is 10.7. The number of hydrogen-bond donors (Lipinski definition) is 3. The second kappa shape index (κ2) is 7.67. The number of nitrogens with one attached hydrogen (secondary N) is 2. The number of nitrogens with two attached hydrogens (primary N) is 1. The number of aromatic nitrogens is 1. The molecule has 4 N–H and O–H groups in total. The molecule has 0 atom stereocenters. The molecule has 0 saturated heterocycles. The molecule has 1 aromatic carbocycles. The largest absolute Gasteiger partial charge is 0.417 e. The van der Waals surface area contributed by atoms with Crippen LogP contribution in [0.1, 0.15) is 5.56 Å². The van der Waals surface area contributed by atoms with Gasteiger partial charge in [0, 0.05) is 11.1 Å². The number of amidine groups is 1. The Bertz CT molecular complexity index is 822. The Morgan fingerprint density at radius 3 is 2.40 bits per heavy atom. The van der Waals surface area contributed by atoms with Gasteiger partial charge in [0.15, 0.2) is 5.84 Å². The predicted molar refractivity (Wildman–Crippen MR) is 88.4 cm³/mol. The summed E-state index contributed by atoms with van der Waals surface area (Å²) < 4.78 is 37.5. The van der Waals surface area contributed by atoms with E-state index in [1.165, 1.54) is 17.8 Å². The van der Waals surface area contributed by atoms with Gasteiger partial charge in [-0.2, -0.15) is 23.5 Å². The van der Waals surface area contributed by atoms with Gasteiger partial charge < -0.3 is 5.73 Å². The number of hydrazone groups is 1. The first-order chi connectivity index (χ1) is 11.8. The number of nitriles is 1. The Morgan fingerprint density at radius 1 is 1.24 bits per heavy atom. The topological polar surface area (TPSA) is 111 Å². The molecule has 6 nitrogen and oxygen atoms in total. The Balaban J connectivity index is 2.03. The Hall–Kier alpha value is -3.06. The number of pyridine rings is 1. The highest BCUT2D eigenvalue weighted by Gasteiger charge is 2.30. The first kappa shape index (κ1) is 18.3. The normalized spacial score (nSPS) is 11.7. The second-order valence-corrected chi connectivity index (χ2v) is 5.70. The summed E-state index contributed by atoms with van der Waals surface area (Å²) in [5.41, 5.74) is 7.27. The highest BCUT2D eigenvalue weighted by molar-refractivity contribution is 7.99. The van der Waals surface area contributed by atoms with Crippen LogP contribution >= 0.6 is 11.8 Å². The van der Waals surface area contributed by atoms with Crippen molar-refractivity contribution in [2.24, 2.45) is 10.8 Å². The average Bonchev–Trinajstić information content (AvgIpc) is 2.56. The summed E-state index contributed by atoms with van der Waals surface area (Å²) in [6.07, 6.45) is -3.62. The maximum Gasteiger partial charge on any atom is 0.417 e. The lowest BCUT2D eigenvalue weighted by molar-refractivity contribution is -0.137. The molecule has 0 spiro atoms. The maximum atomic E-state index is 12.5. The lowest BCUT2D eigenvalue weighted by Crippen LogP contribution is -2.21. The first-order valence-electron chi connectivity index (χ1n) is 6.69. The number of anilines is 1. The number of rotatable bonds is 5. The van der Waals surface area contributed by atoms with Gasteiger partial charge in [0.05, 0.1) is 11.3 Å². The van der Waals surface area contributed by atoms with Crippen molar-refractivity contribution >= 4 is 29.0 Å². The van der Waals surface area contributed by atoms with Crippen LogP contribution in [0.5, 0.6) is 0 Å². The molecule has 0 bridgehead atoms. The van der Waals surface area contributed by atoms with E-state index in [0.717, 1.165) is 17.2 Å². The number of nitrogens with zero attached hydrogens (tertiary/aromatic N) is 3. The fourth-order valence-electron chi connectivity index (χ4n) is 1.59. The summed E-state index contributed by atoms with van der Waals surface area (Å²) in [7, 11) is 0. The van der Waals surface area contributed by atoms with Crippen LogP contribution in [0.4, 0.5) is 18.9 Å². The minimum Gasteiger partial charge on any atom is -0.382 e. The molecule has 0 aliphatic carbocycles. The van der Waals surface area contributed by atoms with Gasteiger partial charge in [0.25, 0.3) is 0 Å². The van der Waals surface area contributed by atoms with E-state index < -0.39 is 17.6 Å². The summed E-state index contributed by atoms with van der Waals surface area (Å²) in [5.74, 6) is -0.449. The van der Waals surface area contributed by atoms with Gasteiger partial charge in [-0.05, 0) is 36.4 Å². The molecule has 0 radical (unpaired) electrons. The average molecular weight is 364 g/mol. The van der Waals surface area contributed by atoms with E-state index in [0.29, 0.717) is 10.7 Å². The van der Waals surface area contributed by atoms with Gasteiger partial charge in [-0.3, -0.25) is 10.8 Å². The zero-order valence-corrected chi connectivity index (χ0v) is 13.3. The molecule has 25 heavy (non-hydrogen) atoms. The third-order valence-corrected chi connectivity index (χ3v) is 3.76. The van der Waals surface area contributed by atoms with Crippen LogP contribution in [-0.2, 0) is 6.18 Å². The quantitative estimate of drug-likeness (QED) is 0.427. The van der Waals surface area contributed by atoms with Crippen molar-refractivity contribution in [3.63, 3.8) is 0 Å². The zero-order valence-electron chi connectivity index (χ0n) is 12.5. The van der Waals surface area contributed by atoms with Crippen LogP contribution in [0.3, 0.4) is 0 Å².